The lowest BCUT2D eigenvalue weighted by Gasteiger charge is -2.37. The summed E-state index contributed by atoms with van der Waals surface area (Å²) in [5.74, 6) is 0.0856. The zero-order valence-electron chi connectivity index (χ0n) is 14.0. The third-order valence-corrected chi connectivity index (χ3v) is 4.41. The van der Waals surface area contributed by atoms with Crippen LogP contribution in [0.15, 0.2) is 60.7 Å². The number of benzene rings is 2. The number of morpholine rings is 1. The van der Waals surface area contributed by atoms with Gasteiger partial charge in [-0.05, 0) is 18.1 Å². The van der Waals surface area contributed by atoms with Crippen LogP contribution in [0.4, 0.5) is 0 Å². The molecule has 126 valence electrons. The van der Waals surface area contributed by atoms with Gasteiger partial charge < -0.3 is 15.4 Å². The summed E-state index contributed by atoms with van der Waals surface area (Å²) in [5.41, 5.74) is 8.30. The number of hydrogen-bond donors (Lipinski definition) is 1. The van der Waals surface area contributed by atoms with Crippen LogP contribution in [0, 0.1) is 0 Å². The Kier molecular flexibility index (Phi) is 5.28. The maximum atomic E-state index is 12.7. The second kappa shape index (κ2) is 7.60. The Labute approximate surface area is 143 Å². The molecule has 0 spiro atoms. The summed E-state index contributed by atoms with van der Waals surface area (Å²) in [6, 6.07) is 19.6. The molecule has 4 nitrogen and oxygen atoms in total. The fraction of sp³-hybridized carbons (Fsp3) is 0.350. The Morgan fingerprint density at radius 3 is 2.42 bits per heavy atom. The molecular formula is C20H24N2O2. The molecular weight excluding hydrogens is 300 g/mol. The Balaban J connectivity index is 1.66. The van der Waals surface area contributed by atoms with E-state index in [4.69, 9.17) is 10.5 Å². The van der Waals surface area contributed by atoms with Crippen molar-refractivity contribution < 1.29 is 9.53 Å². The summed E-state index contributed by atoms with van der Waals surface area (Å²) < 4.78 is 6.02. The average Bonchev–Trinajstić information content (AvgIpc) is 2.62. The predicted molar refractivity (Wildman–Crippen MR) is 94.3 cm³/mol. The van der Waals surface area contributed by atoms with Crippen LogP contribution in [-0.2, 0) is 9.53 Å². The quantitative estimate of drug-likeness (QED) is 0.940. The minimum atomic E-state index is -0.271. The number of rotatable bonds is 4. The van der Waals surface area contributed by atoms with Crippen LogP contribution in [-0.4, -0.2) is 30.0 Å². The molecule has 1 fully saturated rings. The number of hydrogen-bond acceptors (Lipinski definition) is 3. The number of nitrogens with two attached hydrogens (primary N) is 1. The Morgan fingerprint density at radius 1 is 1.12 bits per heavy atom. The summed E-state index contributed by atoms with van der Waals surface area (Å²) in [6.07, 6.45) is 0.255. The summed E-state index contributed by atoms with van der Waals surface area (Å²) >= 11 is 0. The average molecular weight is 324 g/mol. The molecule has 0 bridgehead atoms. The van der Waals surface area contributed by atoms with Crippen molar-refractivity contribution in [1.82, 2.24) is 4.90 Å². The van der Waals surface area contributed by atoms with Crippen LogP contribution >= 0.6 is 0 Å². The van der Waals surface area contributed by atoms with Gasteiger partial charge in [-0.25, -0.2) is 0 Å². The lowest BCUT2D eigenvalue weighted by molar-refractivity contribution is -0.145. The molecule has 4 heteroatoms. The van der Waals surface area contributed by atoms with E-state index in [-0.39, 0.29) is 24.2 Å². The van der Waals surface area contributed by atoms with Gasteiger partial charge in [0.2, 0.25) is 5.91 Å². The molecule has 1 aliphatic heterocycles. The van der Waals surface area contributed by atoms with Gasteiger partial charge in [0.25, 0.3) is 0 Å². The molecule has 2 aromatic carbocycles. The number of ether oxygens (including phenoxy) is 1. The number of carbonyl (C=O) groups excluding carboxylic acids is 1. The van der Waals surface area contributed by atoms with Gasteiger partial charge in [0.05, 0.1) is 12.6 Å². The van der Waals surface area contributed by atoms with Gasteiger partial charge in [-0.1, -0.05) is 60.7 Å². The summed E-state index contributed by atoms with van der Waals surface area (Å²) in [6.45, 7) is 3.20. The molecule has 0 aromatic heterocycles. The van der Waals surface area contributed by atoms with E-state index in [0.717, 1.165) is 11.1 Å². The van der Waals surface area contributed by atoms with Gasteiger partial charge in [-0.2, -0.15) is 0 Å². The lowest BCUT2D eigenvalue weighted by atomic mass is 10.0. The maximum Gasteiger partial charge on any atom is 0.224 e. The lowest BCUT2D eigenvalue weighted by Crippen LogP contribution is -2.46. The zero-order valence-corrected chi connectivity index (χ0v) is 14.0. The molecule has 24 heavy (non-hydrogen) atoms. The summed E-state index contributed by atoms with van der Waals surface area (Å²) in [7, 11) is 0. The third kappa shape index (κ3) is 4.02. The van der Waals surface area contributed by atoms with Crippen molar-refractivity contribution in [2.24, 2.45) is 5.73 Å². The van der Waals surface area contributed by atoms with E-state index in [1.807, 2.05) is 72.5 Å². The van der Waals surface area contributed by atoms with E-state index in [1.165, 1.54) is 0 Å². The standard InChI is InChI=1S/C20H24N2O2/c1-15-13-22(14-19(24-15)17-10-6-3-7-11-17)20(23)12-18(21)16-8-4-2-5-9-16/h2-11,15,18-19H,12-14,21H2,1H3. The van der Waals surface area contributed by atoms with Gasteiger partial charge >= 0.3 is 0 Å². The highest BCUT2D eigenvalue weighted by atomic mass is 16.5. The first kappa shape index (κ1) is 16.7. The second-order valence-electron chi connectivity index (χ2n) is 6.37. The van der Waals surface area contributed by atoms with E-state index in [2.05, 4.69) is 0 Å². The molecule has 1 heterocycles. The van der Waals surface area contributed by atoms with Crippen molar-refractivity contribution in [3.05, 3.63) is 71.8 Å². The van der Waals surface area contributed by atoms with Crippen LogP contribution in [0.2, 0.25) is 0 Å². The number of nitrogens with zero attached hydrogens (tertiary/aromatic N) is 1. The molecule has 0 radical (unpaired) electrons. The molecule has 2 N–H and O–H groups in total. The van der Waals surface area contributed by atoms with Crippen molar-refractivity contribution >= 4 is 5.91 Å². The maximum absolute atomic E-state index is 12.7. The summed E-state index contributed by atoms with van der Waals surface area (Å²) in [4.78, 5) is 14.6. The Morgan fingerprint density at radius 2 is 1.75 bits per heavy atom. The van der Waals surface area contributed by atoms with Crippen molar-refractivity contribution in [2.75, 3.05) is 13.1 Å². The van der Waals surface area contributed by atoms with E-state index >= 15 is 0 Å². The van der Waals surface area contributed by atoms with E-state index < -0.39 is 0 Å². The van der Waals surface area contributed by atoms with Crippen molar-refractivity contribution in [2.45, 2.75) is 31.6 Å². The van der Waals surface area contributed by atoms with Gasteiger partial charge in [-0.3, -0.25) is 4.79 Å². The molecule has 1 amide bonds. The molecule has 0 saturated carbocycles. The normalized spacial score (nSPS) is 22.2. The van der Waals surface area contributed by atoms with Crippen molar-refractivity contribution in [3.8, 4) is 0 Å². The van der Waals surface area contributed by atoms with E-state index in [9.17, 15) is 4.79 Å². The highest BCUT2D eigenvalue weighted by Crippen LogP contribution is 2.26. The Hall–Kier alpha value is -2.17. The largest absolute Gasteiger partial charge is 0.367 e. The van der Waals surface area contributed by atoms with Crippen LogP contribution in [0.1, 0.15) is 36.6 Å². The van der Waals surface area contributed by atoms with E-state index in [0.29, 0.717) is 19.5 Å². The van der Waals surface area contributed by atoms with Crippen molar-refractivity contribution in [1.29, 1.82) is 0 Å². The highest BCUT2D eigenvalue weighted by molar-refractivity contribution is 5.77. The number of carbonyl (C=O) groups is 1. The zero-order chi connectivity index (χ0) is 16.9. The first-order chi connectivity index (χ1) is 11.6. The molecule has 2 aromatic rings. The first-order valence-corrected chi connectivity index (χ1v) is 8.42. The van der Waals surface area contributed by atoms with Crippen LogP contribution in [0.5, 0.6) is 0 Å². The van der Waals surface area contributed by atoms with Crippen molar-refractivity contribution in [3.63, 3.8) is 0 Å². The smallest absolute Gasteiger partial charge is 0.224 e. The van der Waals surface area contributed by atoms with Gasteiger partial charge in [0.15, 0.2) is 0 Å². The topological polar surface area (TPSA) is 55.6 Å². The van der Waals surface area contributed by atoms with Gasteiger partial charge in [0, 0.05) is 19.0 Å². The highest BCUT2D eigenvalue weighted by Gasteiger charge is 2.29. The van der Waals surface area contributed by atoms with Crippen LogP contribution in [0.3, 0.4) is 0 Å². The molecule has 3 rings (SSSR count). The van der Waals surface area contributed by atoms with E-state index in [1.54, 1.807) is 0 Å². The second-order valence-corrected chi connectivity index (χ2v) is 6.37. The van der Waals surface area contributed by atoms with Crippen LogP contribution in [0.25, 0.3) is 0 Å². The number of amides is 1. The molecule has 3 unspecified atom stereocenters. The molecule has 1 saturated heterocycles. The fourth-order valence-corrected chi connectivity index (χ4v) is 3.14. The third-order valence-electron chi connectivity index (χ3n) is 4.41. The van der Waals surface area contributed by atoms with Gasteiger partial charge in [-0.15, -0.1) is 0 Å². The molecule has 0 aliphatic carbocycles. The molecule has 1 aliphatic rings. The minimum Gasteiger partial charge on any atom is -0.367 e. The first-order valence-electron chi connectivity index (χ1n) is 8.42. The Bertz CT molecular complexity index is 660. The van der Waals surface area contributed by atoms with Gasteiger partial charge in [0.1, 0.15) is 6.10 Å². The monoisotopic (exact) mass is 324 g/mol. The minimum absolute atomic E-state index is 0.0147. The SMILES string of the molecule is CC1CN(C(=O)CC(N)c2ccccc2)CC(c2ccccc2)O1. The molecule has 3 atom stereocenters. The van der Waals surface area contributed by atoms with Crippen LogP contribution < -0.4 is 5.73 Å². The predicted octanol–water partition coefficient (Wildman–Crippen LogP) is 3.07. The summed E-state index contributed by atoms with van der Waals surface area (Å²) in [5, 5.41) is 0. The fourth-order valence-electron chi connectivity index (χ4n) is 3.14.